The van der Waals surface area contributed by atoms with Crippen molar-refractivity contribution < 1.29 is 4.74 Å². The van der Waals surface area contributed by atoms with Gasteiger partial charge in [-0.3, -0.25) is 4.90 Å². The minimum absolute atomic E-state index is 0. The second-order valence-corrected chi connectivity index (χ2v) is 5.41. The zero-order valence-electron chi connectivity index (χ0n) is 11.5. The van der Waals surface area contributed by atoms with Gasteiger partial charge in [-0.15, -0.1) is 19.0 Å². The van der Waals surface area contributed by atoms with Crippen molar-refractivity contribution in [2.75, 3.05) is 20.2 Å². The lowest BCUT2D eigenvalue weighted by Crippen LogP contribution is -2.38. The maximum atomic E-state index is 5.51. The van der Waals surface area contributed by atoms with Crippen LogP contribution in [0.3, 0.4) is 0 Å². The number of nitrogens with zero attached hydrogens (tertiary/aromatic N) is 1. The molecule has 0 bridgehead atoms. The third-order valence-electron chi connectivity index (χ3n) is 4.51. The molecule has 2 nitrogen and oxygen atoms in total. The summed E-state index contributed by atoms with van der Waals surface area (Å²) in [7, 11) is 1.78. The quantitative estimate of drug-likeness (QED) is 0.789. The van der Waals surface area contributed by atoms with Crippen molar-refractivity contribution in [3.63, 3.8) is 0 Å². The fraction of sp³-hybridized carbons (Fsp3) is 0.500. The van der Waals surface area contributed by atoms with Crippen LogP contribution < -0.4 is 4.74 Å². The summed E-state index contributed by atoms with van der Waals surface area (Å²) in [6.45, 7) is 6.12. The average Bonchev–Trinajstić information content (AvgIpc) is 2.79. The van der Waals surface area contributed by atoms with Crippen molar-refractivity contribution in [3.8, 4) is 5.75 Å². The highest BCUT2D eigenvalue weighted by Crippen LogP contribution is 2.38. The molecule has 19 heavy (non-hydrogen) atoms. The molecule has 0 radical (unpaired) electrons. The van der Waals surface area contributed by atoms with Gasteiger partial charge in [0.1, 0.15) is 5.75 Å². The van der Waals surface area contributed by atoms with E-state index in [-0.39, 0.29) is 12.4 Å². The molecule has 2 aliphatic rings. The van der Waals surface area contributed by atoms with Gasteiger partial charge >= 0.3 is 0 Å². The van der Waals surface area contributed by atoms with Crippen molar-refractivity contribution in [2.24, 2.45) is 5.92 Å². The van der Waals surface area contributed by atoms with E-state index in [1.807, 2.05) is 6.08 Å². The maximum absolute atomic E-state index is 5.51. The molecule has 1 saturated heterocycles. The Kier molecular flexibility index (Phi) is 4.54. The summed E-state index contributed by atoms with van der Waals surface area (Å²) in [6, 6.07) is 7.18. The summed E-state index contributed by atoms with van der Waals surface area (Å²) < 4.78 is 5.51. The van der Waals surface area contributed by atoms with Gasteiger partial charge in [-0.25, -0.2) is 0 Å². The first kappa shape index (κ1) is 14.4. The Morgan fingerprint density at radius 3 is 3.00 bits per heavy atom. The highest BCUT2D eigenvalue weighted by molar-refractivity contribution is 5.85. The number of ether oxygens (including phenoxy) is 1. The molecule has 0 aromatic heterocycles. The molecular formula is C16H22ClNO. The number of likely N-dealkylation sites (tertiary alicyclic amines) is 1. The van der Waals surface area contributed by atoms with Gasteiger partial charge in [0, 0.05) is 12.6 Å². The van der Waals surface area contributed by atoms with E-state index in [1.165, 1.54) is 36.9 Å². The molecule has 0 unspecified atom stereocenters. The Balaban J connectivity index is 0.00000133. The number of benzene rings is 1. The van der Waals surface area contributed by atoms with Crippen LogP contribution in [0.4, 0.5) is 0 Å². The predicted octanol–water partition coefficient (Wildman–Crippen LogP) is 3.09. The molecule has 1 fully saturated rings. The molecule has 3 rings (SSSR count). The van der Waals surface area contributed by atoms with E-state index in [0.717, 1.165) is 18.2 Å². The van der Waals surface area contributed by atoms with E-state index in [2.05, 4.69) is 29.7 Å². The van der Waals surface area contributed by atoms with E-state index >= 15 is 0 Å². The Morgan fingerprint density at radius 1 is 1.42 bits per heavy atom. The number of halogens is 1. The van der Waals surface area contributed by atoms with E-state index in [9.17, 15) is 0 Å². The topological polar surface area (TPSA) is 12.5 Å². The van der Waals surface area contributed by atoms with Crippen molar-refractivity contribution in [3.05, 3.63) is 42.0 Å². The van der Waals surface area contributed by atoms with Crippen molar-refractivity contribution in [1.29, 1.82) is 0 Å². The highest BCUT2D eigenvalue weighted by atomic mass is 35.5. The molecule has 3 heteroatoms. The number of hydrogen-bond acceptors (Lipinski definition) is 2. The first-order valence-corrected chi connectivity index (χ1v) is 6.83. The lowest BCUT2D eigenvalue weighted by Gasteiger charge is -2.33. The Hall–Kier alpha value is -0.990. The Morgan fingerprint density at radius 2 is 2.26 bits per heavy atom. The van der Waals surface area contributed by atoms with Crippen molar-refractivity contribution in [2.45, 2.75) is 25.3 Å². The summed E-state index contributed by atoms with van der Waals surface area (Å²) in [5.41, 5.74) is 2.92. The van der Waals surface area contributed by atoms with Gasteiger partial charge in [0.25, 0.3) is 0 Å². The summed E-state index contributed by atoms with van der Waals surface area (Å²) in [4.78, 5) is 2.58. The fourth-order valence-corrected chi connectivity index (χ4v) is 3.63. The number of rotatable bonds is 3. The molecule has 0 N–H and O–H groups in total. The summed E-state index contributed by atoms with van der Waals surface area (Å²) in [6.07, 6.45) is 5.70. The second kappa shape index (κ2) is 5.98. The maximum Gasteiger partial charge on any atom is 0.122 e. The molecule has 1 aliphatic heterocycles. The van der Waals surface area contributed by atoms with Crippen LogP contribution in [0.25, 0.3) is 0 Å². The largest absolute Gasteiger partial charge is 0.496 e. The summed E-state index contributed by atoms with van der Waals surface area (Å²) >= 11 is 0. The predicted molar refractivity (Wildman–Crippen MR) is 81.3 cm³/mol. The molecule has 104 valence electrons. The lowest BCUT2D eigenvalue weighted by molar-refractivity contribution is 0.234. The first-order chi connectivity index (χ1) is 8.83. The van der Waals surface area contributed by atoms with Crippen LogP contribution in [0.5, 0.6) is 5.75 Å². The molecule has 2 atom stereocenters. The van der Waals surface area contributed by atoms with Crippen LogP contribution in [0, 0.1) is 5.92 Å². The first-order valence-electron chi connectivity index (χ1n) is 6.83. The number of hydrogen-bond donors (Lipinski definition) is 0. The number of fused-ring (bicyclic) bond motifs is 2. The van der Waals surface area contributed by atoms with E-state index in [4.69, 9.17) is 4.74 Å². The van der Waals surface area contributed by atoms with Crippen molar-refractivity contribution in [1.82, 2.24) is 4.90 Å². The number of methoxy groups -OCH3 is 1. The smallest absolute Gasteiger partial charge is 0.122 e. The Labute approximate surface area is 121 Å². The molecule has 0 amide bonds. The van der Waals surface area contributed by atoms with Gasteiger partial charge in [-0.05, 0) is 48.9 Å². The van der Waals surface area contributed by atoms with Crippen LogP contribution in [0.2, 0.25) is 0 Å². The summed E-state index contributed by atoms with van der Waals surface area (Å²) in [5.74, 6) is 1.88. The van der Waals surface area contributed by atoms with Crippen LogP contribution >= 0.6 is 12.4 Å². The molecule has 1 aromatic carbocycles. The molecule has 0 spiro atoms. The fourth-order valence-electron chi connectivity index (χ4n) is 3.63. The standard InChI is InChI=1S/C16H21NO.ClH/c1-3-8-17-9-7-13-10-14-12(11-15(13)17)5-4-6-16(14)18-2;/h3-6,13,15H,1,7-11H2,2H3;1H/t13-,15-;/m1./s1. The minimum Gasteiger partial charge on any atom is -0.496 e. The third kappa shape index (κ3) is 2.52. The van der Waals surface area contributed by atoms with Gasteiger partial charge < -0.3 is 4.74 Å². The van der Waals surface area contributed by atoms with Crippen LogP contribution in [0.1, 0.15) is 17.5 Å². The zero-order chi connectivity index (χ0) is 12.5. The monoisotopic (exact) mass is 279 g/mol. The zero-order valence-corrected chi connectivity index (χ0v) is 12.3. The molecule has 1 aliphatic carbocycles. The summed E-state index contributed by atoms with van der Waals surface area (Å²) in [5, 5.41) is 0. The van der Waals surface area contributed by atoms with Gasteiger partial charge in [0.05, 0.1) is 7.11 Å². The normalized spacial score (nSPS) is 25.1. The molecular weight excluding hydrogens is 258 g/mol. The average molecular weight is 280 g/mol. The van der Waals surface area contributed by atoms with Crippen LogP contribution in [-0.4, -0.2) is 31.1 Å². The minimum atomic E-state index is 0. The highest BCUT2D eigenvalue weighted by Gasteiger charge is 2.37. The van der Waals surface area contributed by atoms with E-state index in [1.54, 1.807) is 7.11 Å². The molecule has 0 saturated carbocycles. The van der Waals surface area contributed by atoms with Gasteiger partial charge in [0.15, 0.2) is 0 Å². The van der Waals surface area contributed by atoms with Crippen LogP contribution in [-0.2, 0) is 12.8 Å². The molecule has 1 heterocycles. The third-order valence-corrected chi connectivity index (χ3v) is 4.51. The Bertz CT molecular complexity index is 460. The van der Waals surface area contributed by atoms with Gasteiger partial charge in [0.2, 0.25) is 0 Å². The molecule has 1 aromatic rings. The van der Waals surface area contributed by atoms with Gasteiger partial charge in [-0.1, -0.05) is 18.2 Å². The SMILES string of the molecule is C=CCN1CC[C@@H]2Cc3c(cccc3OC)C[C@H]21.Cl. The van der Waals surface area contributed by atoms with E-state index < -0.39 is 0 Å². The van der Waals surface area contributed by atoms with E-state index in [0.29, 0.717) is 6.04 Å². The second-order valence-electron chi connectivity index (χ2n) is 5.41. The van der Waals surface area contributed by atoms with Gasteiger partial charge in [-0.2, -0.15) is 0 Å². The van der Waals surface area contributed by atoms with Crippen LogP contribution in [0.15, 0.2) is 30.9 Å². The lowest BCUT2D eigenvalue weighted by atomic mass is 9.80. The van der Waals surface area contributed by atoms with Crippen molar-refractivity contribution >= 4 is 12.4 Å².